The number of aromatic hydroxyl groups is 1. The fourth-order valence-corrected chi connectivity index (χ4v) is 7.19. The average Bonchev–Trinajstić information content (AvgIpc) is 3.19. The lowest BCUT2D eigenvalue weighted by molar-refractivity contribution is -0.118. The van der Waals surface area contributed by atoms with E-state index in [1.807, 2.05) is 68.6 Å². The van der Waals surface area contributed by atoms with E-state index < -0.39 is 12.0 Å². The summed E-state index contributed by atoms with van der Waals surface area (Å²) in [5.74, 6) is -0.0493. The number of aromatic nitrogens is 1. The molecule has 1 atom stereocenters. The summed E-state index contributed by atoms with van der Waals surface area (Å²) in [6, 6.07) is 22.3. The van der Waals surface area contributed by atoms with Crippen molar-refractivity contribution in [2.45, 2.75) is 64.4 Å². The second kappa shape index (κ2) is 18.0. The number of fused-ring (bicyclic) bond motifs is 2. The molecule has 0 saturated carbocycles. The first-order valence-corrected chi connectivity index (χ1v) is 19.0. The van der Waals surface area contributed by atoms with E-state index >= 15 is 0 Å². The standard InChI is InChI=1S/C44H49N5O7/c1-27-20-29(23-34-39(27)46-25-35(43(45)53)40(34)47-31-14-11-15-32(24-31)55-3)21-28-12-10-13-30(22-28)44(54)49(2)19-9-7-5-4-6-8-16-36(50)33-17-18-37(51)41-42(33)56-26-38(52)48-41/h10-15,17-18,20,22-25,36,50-51H,4-9,16,19,21,26H2,1-3H3,(H2,45,53)(H,46,47)(H,48,52)/t36-/m0/s1. The van der Waals surface area contributed by atoms with Crippen LogP contribution in [0.5, 0.6) is 17.2 Å². The van der Waals surface area contributed by atoms with Gasteiger partial charge in [0.15, 0.2) is 12.4 Å². The molecule has 4 aromatic carbocycles. The van der Waals surface area contributed by atoms with Crippen molar-refractivity contribution in [1.82, 2.24) is 9.88 Å². The zero-order valence-corrected chi connectivity index (χ0v) is 32.1. The number of amides is 3. The van der Waals surface area contributed by atoms with Gasteiger partial charge in [-0.1, -0.05) is 56.4 Å². The zero-order valence-electron chi connectivity index (χ0n) is 32.1. The van der Waals surface area contributed by atoms with Crippen molar-refractivity contribution in [3.63, 3.8) is 0 Å². The summed E-state index contributed by atoms with van der Waals surface area (Å²) >= 11 is 0. The van der Waals surface area contributed by atoms with Crippen LogP contribution in [0.1, 0.15) is 94.0 Å². The monoisotopic (exact) mass is 759 g/mol. The minimum Gasteiger partial charge on any atom is -0.506 e. The Bertz CT molecular complexity index is 2240. The minimum atomic E-state index is -0.761. The van der Waals surface area contributed by atoms with Crippen molar-refractivity contribution >= 4 is 45.7 Å². The lowest BCUT2D eigenvalue weighted by atomic mass is 9.97. The summed E-state index contributed by atoms with van der Waals surface area (Å²) in [5, 5.41) is 27.6. The molecule has 6 rings (SSSR count). The SMILES string of the molecule is COc1cccc(Nc2c(C(N)=O)cnc3c(C)cc(Cc4cccc(C(=O)N(C)CCCCCCCC[C@H](O)c5ccc(O)c6c5OCC(=O)N6)c4)cc23)c1. The Morgan fingerprint density at radius 2 is 1.77 bits per heavy atom. The molecule has 5 aromatic rings. The number of nitrogens with one attached hydrogen (secondary N) is 2. The van der Waals surface area contributed by atoms with Crippen molar-refractivity contribution in [1.29, 1.82) is 0 Å². The zero-order chi connectivity index (χ0) is 39.8. The largest absolute Gasteiger partial charge is 0.506 e. The molecule has 1 aliphatic rings. The Hall–Kier alpha value is -6.14. The van der Waals surface area contributed by atoms with Crippen LogP contribution < -0.4 is 25.8 Å². The number of rotatable bonds is 17. The number of nitrogens with two attached hydrogens (primary N) is 1. The van der Waals surface area contributed by atoms with E-state index in [0.29, 0.717) is 47.7 Å². The van der Waals surface area contributed by atoms with Crippen LogP contribution in [0.4, 0.5) is 17.1 Å². The lowest BCUT2D eigenvalue weighted by Crippen LogP contribution is -2.27. The molecule has 0 unspecified atom stereocenters. The van der Waals surface area contributed by atoms with Gasteiger partial charge < -0.3 is 41.0 Å². The van der Waals surface area contributed by atoms with Crippen molar-refractivity contribution in [2.75, 3.05) is 37.9 Å². The molecular formula is C44H49N5O7. The Morgan fingerprint density at radius 1 is 1.00 bits per heavy atom. The first-order chi connectivity index (χ1) is 27.0. The number of hydrogen-bond acceptors (Lipinski definition) is 9. The predicted octanol–water partition coefficient (Wildman–Crippen LogP) is 7.56. The molecule has 0 bridgehead atoms. The molecule has 12 nitrogen and oxygen atoms in total. The van der Waals surface area contributed by atoms with Crippen LogP contribution in [0.3, 0.4) is 0 Å². The number of unbranched alkanes of at least 4 members (excludes halogenated alkanes) is 5. The third kappa shape index (κ3) is 9.38. The number of aliphatic hydroxyl groups excluding tert-OH is 1. The van der Waals surface area contributed by atoms with Crippen molar-refractivity contribution in [3.05, 3.63) is 112 Å². The van der Waals surface area contributed by atoms with E-state index in [1.54, 1.807) is 18.1 Å². The fourth-order valence-electron chi connectivity index (χ4n) is 7.19. The topological polar surface area (TPSA) is 176 Å². The third-order valence-electron chi connectivity index (χ3n) is 10.1. The van der Waals surface area contributed by atoms with Crippen LogP contribution in [0, 0.1) is 6.92 Å². The molecule has 1 aliphatic heterocycles. The first-order valence-electron chi connectivity index (χ1n) is 19.0. The molecule has 0 fully saturated rings. The molecule has 56 heavy (non-hydrogen) atoms. The van der Waals surface area contributed by atoms with Crippen LogP contribution >= 0.6 is 0 Å². The maximum Gasteiger partial charge on any atom is 0.262 e. The van der Waals surface area contributed by atoms with E-state index in [4.69, 9.17) is 15.2 Å². The van der Waals surface area contributed by atoms with E-state index in [9.17, 15) is 24.6 Å². The van der Waals surface area contributed by atoms with Gasteiger partial charge in [0.25, 0.3) is 17.7 Å². The summed E-state index contributed by atoms with van der Waals surface area (Å²) in [5.41, 5.74) is 12.5. The van der Waals surface area contributed by atoms with Gasteiger partial charge in [0.1, 0.15) is 17.2 Å². The van der Waals surface area contributed by atoms with Gasteiger partial charge in [0.2, 0.25) is 0 Å². The summed E-state index contributed by atoms with van der Waals surface area (Å²) < 4.78 is 10.9. The van der Waals surface area contributed by atoms with Crippen molar-refractivity contribution < 1.29 is 34.1 Å². The molecule has 0 aliphatic carbocycles. The fraction of sp³-hybridized carbons (Fsp3) is 0.318. The second-order valence-corrected chi connectivity index (χ2v) is 14.3. The third-order valence-corrected chi connectivity index (χ3v) is 10.1. The van der Waals surface area contributed by atoms with Crippen molar-refractivity contribution in [3.8, 4) is 17.2 Å². The predicted molar refractivity (Wildman–Crippen MR) is 217 cm³/mol. The first kappa shape index (κ1) is 39.6. The number of primary amides is 1. The number of aryl methyl sites for hydroxylation is 1. The van der Waals surface area contributed by atoms with Gasteiger partial charge >= 0.3 is 0 Å². The number of pyridine rings is 1. The van der Waals surface area contributed by atoms with E-state index in [2.05, 4.69) is 21.7 Å². The van der Waals surface area contributed by atoms with Gasteiger partial charge in [-0.25, -0.2) is 0 Å². The lowest BCUT2D eigenvalue weighted by Gasteiger charge is -2.23. The number of methoxy groups -OCH3 is 1. The average molecular weight is 760 g/mol. The van der Waals surface area contributed by atoms with Crippen LogP contribution in [0.15, 0.2) is 79.0 Å². The molecule has 6 N–H and O–H groups in total. The molecule has 0 spiro atoms. The number of anilines is 3. The number of ether oxygens (including phenoxy) is 2. The molecule has 2 heterocycles. The Kier molecular flexibility index (Phi) is 12.7. The van der Waals surface area contributed by atoms with Gasteiger partial charge in [-0.2, -0.15) is 0 Å². The quantitative estimate of drug-likeness (QED) is 0.0473. The van der Waals surface area contributed by atoms with E-state index in [1.165, 1.54) is 12.3 Å². The number of nitrogens with zero attached hydrogens (tertiary/aromatic N) is 2. The summed E-state index contributed by atoms with van der Waals surface area (Å²) in [4.78, 5) is 43.9. The summed E-state index contributed by atoms with van der Waals surface area (Å²) in [6.07, 6.45) is 7.55. The number of carbonyl (C=O) groups is 3. The van der Waals surface area contributed by atoms with Gasteiger partial charge in [-0.3, -0.25) is 19.4 Å². The van der Waals surface area contributed by atoms with Gasteiger partial charge in [-0.15, -0.1) is 0 Å². The van der Waals surface area contributed by atoms with Gasteiger partial charge in [-0.05, 0) is 85.3 Å². The highest BCUT2D eigenvalue weighted by Crippen LogP contribution is 2.42. The molecular weight excluding hydrogens is 711 g/mol. The van der Waals surface area contributed by atoms with Crippen molar-refractivity contribution in [2.24, 2.45) is 5.73 Å². The number of phenols is 1. The highest BCUT2D eigenvalue weighted by Gasteiger charge is 2.25. The Morgan fingerprint density at radius 3 is 2.55 bits per heavy atom. The molecule has 1 aromatic heterocycles. The molecule has 292 valence electrons. The van der Waals surface area contributed by atoms with E-state index in [0.717, 1.165) is 71.8 Å². The molecule has 0 radical (unpaired) electrons. The van der Waals surface area contributed by atoms with Crippen LogP contribution in [0.2, 0.25) is 0 Å². The maximum atomic E-state index is 13.4. The van der Waals surface area contributed by atoms with Crippen LogP contribution in [-0.4, -0.2) is 65.1 Å². The molecule has 12 heteroatoms. The summed E-state index contributed by atoms with van der Waals surface area (Å²) in [6.45, 7) is 2.48. The smallest absolute Gasteiger partial charge is 0.262 e. The van der Waals surface area contributed by atoms with Gasteiger partial charge in [0.05, 0.1) is 30.0 Å². The number of aliphatic hydroxyl groups is 1. The second-order valence-electron chi connectivity index (χ2n) is 14.3. The number of carbonyl (C=O) groups excluding carboxylic acids is 3. The highest BCUT2D eigenvalue weighted by atomic mass is 16.5. The van der Waals surface area contributed by atoms with Gasteiger partial charge in [0, 0.05) is 48.1 Å². The maximum absolute atomic E-state index is 13.4. The number of benzene rings is 4. The summed E-state index contributed by atoms with van der Waals surface area (Å²) in [7, 11) is 3.43. The molecule has 0 saturated heterocycles. The highest BCUT2D eigenvalue weighted by molar-refractivity contribution is 6.08. The number of hydrogen-bond donors (Lipinski definition) is 5. The van der Waals surface area contributed by atoms with E-state index in [-0.39, 0.29) is 35.4 Å². The Balaban J connectivity index is 1.00. The molecule has 3 amide bonds. The van der Waals surface area contributed by atoms with Crippen LogP contribution in [-0.2, 0) is 11.2 Å². The minimum absolute atomic E-state index is 0.0319. The Labute approximate surface area is 326 Å². The number of phenolic OH excluding ortho intramolecular Hbond substituents is 1. The van der Waals surface area contributed by atoms with Crippen LogP contribution in [0.25, 0.3) is 10.9 Å². The normalized spacial score (nSPS) is 12.7.